The highest BCUT2D eigenvalue weighted by atomic mass is 16.6. The predicted octanol–water partition coefficient (Wildman–Crippen LogP) is 2.13. The number of tetrazole rings is 1. The van der Waals surface area contributed by atoms with Crippen LogP contribution in [-0.4, -0.2) is 31.0 Å². The summed E-state index contributed by atoms with van der Waals surface area (Å²) in [7, 11) is 0. The van der Waals surface area contributed by atoms with Gasteiger partial charge in [-0.2, -0.15) is 0 Å². The lowest BCUT2D eigenvalue weighted by Crippen LogP contribution is -2.14. The Hall–Kier alpha value is -3.62. The van der Waals surface area contributed by atoms with Gasteiger partial charge in [-0.15, -0.1) is 5.10 Å². The van der Waals surface area contributed by atoms with Gasteiger partial charge in [0.1, 0.15) is 11.9 Å². The molecule has 0 saturated carbocycles. The topological polar surface area (TPSA) is 116 Å². The largest absolute Gasteiger partial charge is 0.322 e. The Kier molecular flexibility index (Phi) is 3.98. The first-order valence-electron chi connectivity index (χ1n) is 6.95. The molecule has 120 valence electrons. The first-order valence-corrected chi connectivity index (χ1v) is 6.95. The first-order chi connectivity index (χ1) is 11.6. The molecule has 1 N–H and O–H groups in total. The van der Waals surface area contributed by atoms with Crippen molar-refractivity contribution in [2.45, 2.75) is 6.92 Å². The molecule has 0 spiro atoms. The molecule has 1 heterocycles. The van der Waals surface area contributed by atoms with E-state index >= 15 is 0 Å². The van der Waals surface area contributed by atoms with Crippen molar-refractivity contribution in [2.24, 2.45) is 0 Å². The third kappa shape index (κ3) is 2.95. The summed E-state index contributed by atoms with van der Waals surface area (Å²) >= 11 is 0. The Morgan fingerprint density at radius 1 is 1.25 bits per heavy atom. The Bertz CT molecular complexity index is 907. The Morgan fingerprint density at radius 3 is 2.75 bits per heavy atom. The SMILES string of the molecule is Cc1cccc(C(=O)Nc2cccc(-n3cnnn3)c2)c1[N+](=O)[O-]. The molecule has 0 atom stereocenters. The highest BCUT2D eigenvalue weighted by Gasteiger charge is 2.22. The summed E-state index contributed by atoms with van der Waals surface area (Å²) in [5.41, 5.74) is 1.36. The van der Waals surface area contributed by atoms with Gasteiger partial charge in [0.25, 0.3) is 11.6 Å². The van der Waals surface area contributed by atoms with Crippen LogP contribution >= 0.6 is 0 Å². The number of para-hydroxylation sites is 1. The van der Waals surface area contributed by atoms with E-state index in [1.807, 2.05) is 0 Å². The number of nitrogens with one attached hydrogen (secondary N) is 1. The van der Waals surface area contributed by atoms with Crippen molar-refractivity contribution in [1.29, 1.82) is 0 Å². The van der Waals surface area contributed by atoms with Crippen LogP contribution in [0.2, 0.25) is 0 Å². The number of carbonyl (C=O) groups excluding carboxylic acids is 1. The van der Waals surface area contributed by atoms with Crippen molar-refractivity contribution in [3.8, 4) is 5.69 Å². The number of nitro groups is 1. The number of amides is 1. The van der Waals surface area contributed by atoms with Gasteiger partial charge in [-0.25, -0.2) is 4.68 Å². The molecular weight excluding hydrogens is 312 g/mol. The van der Waals surface area contributed by atoms with Gasteiger partial charge in [0.15, 0.2) is 0 Å². The summed E-state index contributed by atoms with van der Waals surface area (Å²) in [5, 5.41) is 24.7. The van der Waals surface area contributed by atoms with Gasteiger partial charge >= 0.3 is 0 Å². The number of anilines is 1. The second kappa shape index (κ2) is 6.24. The summed E-state index contributed by atoms with van der Waals surface area (Å²) < 4.78 is 1.44. The predicted molar refractivity (Wildman–Crippen MR) is 84.9 cm³/mol. The van der Waals surface area contributed by atoms with Crippen LogP contribution in [-0.2, 0) is 0 Å². The van der Waals surface area contributed by atoms with E-state index in [-0.39, 0.29) is 11.3 Å². The van der Waals surface area contributed by atoms with Crippen LogP contribution in [0, 0.1) is 17.0 Å². The van der Waals surface area contributed by atoms with Gasteiger partial charge in [0.2, 0.25) is 0 Å². The number of nitrogens with zero attached hydrogens (tertiary/aromatic N) is 5. The van der Waals surface area contributed by atoms with Crippen molar-refractivity contribution < 1.29 is 9.72 Å². The Morgan fingerprint density at radius 2 is 2.04 bits per heavy atom. The highest BCUT2D eigenvalue weighted by Crippen LogP contribution is 2.24. The zero-order chi connectivity index (χ0) is 17.1. The van der Waals surface area contributed by atoms with E-state index in [9.17, 15) is 14.9 Å². The lowest BCUT2D eigenvalue weighted by Gasteiger charge is -2.08. The summed E-state index contributed by atoms with van der Waals surface area (Å²) in [6.45, 7) is 1.59. The number of aromatic nitrogens is 4. The van der Waals surface area contributed by atoms with Crippen LogP contribution in [0.4, 0.5) is 11.4 Å². The fourth-order valence-electron chi connectivity index (χ4n) is 2.29. The fourth-order valence-corrected chi connectivity index (χ4v) is 2.29. The van der Waals surface area contributed by atoms with Crippen molar-refractivity contribution in [3.05, 3.63) is 70.0 Å². The van der Waals surface area contributed by atoms with E-state index < -0.39 is 10.8 Å². The zero-order valence-corrected chi connectivity index (χ0v) is 12.6. The zero-order valence-electron chi connectivity index (χ0n) is 12.6. The summed E-state index contributed by atoms with van der Waals surface area (Å²) in [6.07, 6.45) is 1.42. The number of aryl methyl sites for hydroxylation is 1. The van der Waals surface area contributed by atoms with E-state index in [0.29, 0.717) is 16.9 Å². The minimum atomic E-state index is -0.556. The van der Waals surface area contributed by atoms with E-state index in [0.717, 1.165) is 0 Å². The summed E-state index contributed by atoms with van der Waals surface area (Å²) in [5.74, 6) is -0.556. The lowest BCUT2D eigenvalue weighted by molar-refractivity contribution is -0.385. The number of rotatable bonds is 4. The van der Waals surface area contributed by atoms with Crippen molar-refractivity contribution in [3.63, 3.8) is 0 Å². The standard InChI is InChI=1S/C15H12N6O3/c1-10-4-2-7-13(14(10)21(23)24)15(22)17-11-5-3-6-12(8-11)20-9-16-18-19-20/h2-9H,1H3,(H,17,22). The average molecular weight is 324 g/mol. The van der Waals surface area contributed by atoms with Gasteiger partial charge in [-0.3, -0.25) is 14.9 Å². The molecule has 1 amide bonds. The van der Waals surface area contributed by atoms with Crippen molar-refractivity contribution >= 4 is 17.3 Å². The molecule has 0 aliphatic heterocycles. The average Bonchev–Trinajstić information content (AvgIpc) is 3.09. The minimum absolute atomic E-state index is 0.00725. The fraction of sp³-hybridized carbons (Fsp3) is 0.0667. The molecule has 9 nitrogen and oxygen atoms in total. The van der Waals surface area contributed by atoms with E-state index in [1.54, 1.807) is 43.3 Å². The van der Waals surface area contributed by atoms with Crippen LogP contribution in [0.3, 0.4) is 0 Å². The van der Waals surface area contributed by atoms with Gasteiger partial charge in [-0.1, -0.05) is 18.2 Å². The molecule has 3 aromatic rings. The molecule has 0 bridgehead atoms. The molecule has 0 fully saturated rings. The second-order valence-corrected chi connectivity index (χ2v) is 4.99. The van der Waals surface area contributed by atoms with Gasteiger partial charge < -0.3 is 5.32 Å². The smallest absolute Gasteiger partial charge is 0.285 e. The molecule has 9 heteroatoms. The van der Waals surface area contributed by atoms with Crippen molar-refractivity contribution in [2.75, 3.05) is 5.32 Å². The number of carbonyl (C=O) groups is 1. The van der Waals surface area contributed by atoms with E-state index in [1.165, 1.54) is 17.1 Å². The maximum Gasteiger partial charge on any atom is 0.285 e. The monoisotopic (exact) mass is 324 g/mol. The highest BCUT2D eigenvalue weighted by molar-refractivity contribution is 6.07. The number of benzene rings is 2. The molecule has 1 aromatic heterocycles. The Balaban J connectivity index is 1.90. The number of hydrogen-bond acceptors (Lipinski definition) is 6. The van der Waals surface area contributed by atoms with E-state index in [4.69, 9.17) is 0 Å². The minimum Gasteiger partial charge on any atom is -0.322 e. The van der Waals surface area contributed by atoms with Gasteiger partial charge in [-0.05, 0) is 41.6 Å². The molecule has 0 unspecified atom stereocenters. The Labute approximate surface area is 136 Å². The second-order valence-electron chi connectivity index (χ2n) is 4.99. The number of hydrogen-bond donors (Lipinski definition) is 1. The molecule has 24 heavy (non-hydrogen) atoms. The third-order valence-electron chi connectivity index (χ3n) is 3.38. The molecule has 0 saturated heterocycles. The molecule has 3 rings (SSSR count). The summed E-state index contributed by atoms with van der Waals surface area (Å²) in [6, 6.07) is 11.4. The molecule has 0 aliphatic carbocycles. The van der Waals surface area contributed by atoms with Gasteiger partial charge in [0.05, 0.1) is 10.6 Å². The molecule has 0 aliphatic rings. The maximum atomic E-state index is 12.4. The molecule has 0 radical (unpaired) electrons. The van der Waals surface area contributed by atoms with Crippen LogP contribution in [0.1, 0.15) is 15.9 Å². The van der Waals surface area contributed by atoms with Crippen molar-refractivity contribution in [1.82, 2.24) is 20.2 Å². The van der Waals surface area contributed by atoms with Crippen LogP contribution in [0.5, 0.6) is 0 Å². The van der Waals surface area contributed by atoms with Gasteiger partial charge in [0, 0.05) is 11.3 Å². The summed E-state index contributed by atoms with van der Waals surface area (Å²) in [4.78, 5) is 23.1. The molecule has 2 aromatic carbocycles. The molecular formula is C15H12N6O3. The normalized spacial score (nSPS) is 10.4. The maximum absolute atomic E-state index is 12.4. The number of nitro benzene ring substituents is 1. The third-order valence-corrected chi connectivity index (χ3v) is 3.38. The van der Waals surface area contributed by atoms with E-state index in [2.05, 4.69) is 20.8 Å². The first kappa shape index (κ1) is 15.3. The van der Waals surface area contributed by atoms with Crippen LogP contribution in [0.25, 0.3) is 5.69 Å². The van der Waals surface area contributed by atoms with Crippen LogP contribution in [0.15, 0.2) is 48.8 Å². The quantitative estimate of drug-likeness (QED) is 0.580. The lowest BCUT2D eigenvalue weighted by atomic mass is 10.1. The van der Waals surface area contributed by atoms with Crippen LogP contribution < -0.4 is 5.32 Å².